The molecule has 0 bridgehead atoms. The molecule has 1 aliphatic heterocycles. The van der Waals surface area contributed by atoms with Gasteiger partial charge in [-0.15, -0.1) is 0 Å². The lowest BCUT2D eigenvalue weighted by molar-refractivity contribution is -0.117. The lowest BCUT2D eigenvalue weighted by Gasteiger charge is -2.15. The molecule has 1 fully saturated rings. The van der Waals surface area contributed by atoms with Gasteiger partial charge in [-0.2, -0.15) is 0 Å². The molecule has 0 radical (unpaired) electrons. The monoisotopic (exact) mass is 556 g/mol. The number of methoxy groups -OCH3 is 1. The summed E-state index contributed by atoms with van der Waals surface area (Å²) < 4.78 is 13.3. The molecule has 0 saturated carbocycles. The zero-order valence-corrected chi connectivity index (χ0v) is 20.1. The van der Waals surface area contributed by atoms with Gasteiger partial charge in [-0.1, -0.05) is 62.2 Å². The van der Waals surface area contributed by atoms with Crippen LogP contribution in [-0.4, -0.2) is 18.9 Å². The number of rotatable bonds is 6. The molecule has 3 aromatic rings. The maximum atomic E-state index is 13.0. The predicted octanol–water partition coefficient (Wildman–Crippen LogP) is 5.26. The summed E-state index contributed by atoms with van der Waals surface area (Å²) in [5, 5.41) is 1.23. The topological polar surface area (TPSA) is 67.9 Å². The van der Waals surface area contributed by atoms with Crippen molar-refractivity contribution in [2.45, 2.75) is 6.61 Å². The average molecular weight is 558 g/mol. The van der Waals surface area contributed by atoms with Crippen LogP contribution >= 0.6 is 31.9 Å². The normalized spacial score (nSPS) is 14.6. The van der Waals surface area contributed by atoms with Crippen LogP contribution in [0.3, 0.4) is 0 Å². The van der Waals surface area contributed by atoms with Crippen molar-refractivity contribution in [2.24, 2.45) is 0 Å². The van der Waals surface area contributed by atoms with Crippen molar-refractivity contribution in [3.8, 4) is 11.5 Å². The van der Waals surface area contributed by atoms with Gasteiger partial charge in [-0.05, 0) is 48.0 Å². The third-order valence-corrected chi connectivity index (χ3v) is 5.76. The summed E-state index contributed by atoms with van der Waals surface area (Å²) in [6.07, 6.45) is 1.52. The van der Waals surface area contributed by atoms with Crippen molar-refractivity contribution in [1.29, 1.82) is 0 Å². The van der Waals surface area contributed by atoms with E-state index in [2.05, 4.69) is 37.3 Å². The van der Waals surface area contributed by atoms with Crippen LogP contribution < -0.4 is 19.9 Å². The quantitative estimate of drug-likeness (QED) is 0.331. The van der Waals surface area contributed by atoms with Gasteiger partial charge in [0, 0.05) is 14.5 Å². The molecule has 0 aliphatic carbocycles. The van der Waals surface area contributed by atoms with Gasteiger partial charge < -0.3 is 9.47 Å². The third-order valence-electron chi connectivity index (χ3n) is 4.77. The molecule has 0 unspecified atom stereocenters. The van der Waals surface area contributed by atoms with Crippen molar-refractivity contribution in [3.05, 3.63) is 92.4 Å². The SMILES string of the molecule is COc1cc(Br)cc(/C=C2\C(=O)NN(c3ccccc3)C2=O)c1OCc1ccc(Br)cc1. The van der Waals surface area contributed by atoms with Crippen molar-refractivity contribution in [3.63, 3.8) is 0 Å². The summed E-state index contributed by atoms with van der Waals surface area (Å²) in [4.78, 5) is 25.6. The largest absolute Gasteiger partial charge is 0.493 e. The predicted molar refractivity (Wildman–Crippen MR) is 129 cm³/mol. The van der Waals surface area contributed by atoms with Crippen molar-refractivity contribution < 1.29 is 19.1 Å². The van der Waals surface area contributed by atoms with Crippen LogP contribution in [-0.2, 0) is 16.2 Å². The number of benzene rings is 3. The zero-order valence-electron chi connectivity index (χ0n) is 17.0. The van der Waals surface area contributed by atoms with Gasteiger partial charge in [0.1, 0.15) is 12.2 Å². The number of nitrogens with one attached hydrogen (secondary N) is 1. The van der Waals surface area contributed by atoms with E-state index < -0.39 is 11.8 Å². The molecule has 6 nitrogen and oxygen atoms in total. The fourth-order valence-corrected chi connectivity index (χ4v) is 3.93. The molecule has 2 amide bonds. The summed E-state index contributed by atoms with van der Waals surface area (Å²) in [6, 6.07) is 20.2. The lowest BCUT2D eigenvalue weighted by Crippen LogP contribution is -2.35. The van der Waals surface area contributed by atoms with Crippen LogP contribution in [0.2, 0.25) is 0 Å². The maximum absolute atomic E-state index is 13.0. The fourth-order valence-electron chi connectivity index (χ4n) is 3.21. The van der Waals surface area contributed by atoms with Crippen LogP contribution in [0.5, 0.6) is 11.5 Å². The summed E-state index contributed by atoms with van der Waals surface area (Å²) in [7, 11) is 1.54. The third kappa shape index (κ3) is 4.71. The Hall–Kier alpha value is -3.10. The highest BCUT2D eigenvalue weighted by Crippen LogP contribution is 2.37. The summed E-state index contributed by atoms with van der Waals surface area (Å²) in [5.74, 6) is -0.0188. The van der Waals surface area contributed by atoms with Gasteiger partial charge >= 0.3 is 0 Å². The zero-order chi connectivity index (χ0) is 22.7. The van der Waals surface area contributed by atoms with E-state index in [4.69, 9.17) is 9.47 Å². The number of para-hydroxylation sites is 1. The highest BCUT2D eigenvalue weighted by atomic mass is 79.9. The second-order valence-electron chi connectivity index (χ2n) is 6.92. The molecule has 0 spiro atoms. The minimum atomic E-state index is -0.489. The van der Waals surface area contributed by atoms with E-state index in [1.54, 1.807) is 36.4 Å². The second kappa shape index (κ2) is 9.58. The van der Waals surface area contributed by atoms with Crippen LogP contribution in [0.15, 0.2) is 81.2 Å². The summed E-state index contributed by atoms with van der Waals surface area (Å²) in [5.41, 5.74) is 4.69. The number of nitrogens with zero attached hydrogens (tertiary/aromatic N) is 1. The van der Waals surface area contributed by atoms with E-state index in [0.29, 0.717) is 22.7 Å². The van der Waals surface area contributed by atoms with Crippen LogP contribution in [0.1, 0.15) is 11.1 Å². The molecular formula is C24H18Br2N2O4. The number of carbonyl (C=O) groups is 2. The average Bonchev–Trinajstić information content (AvgIpc) is 3.08. The van der Waals surface area contributed by atoms with E-state index in [1.165, 1.54) is 18.2 Å². The van der Waals surface area contributed by atoms with Crippen molar-refractivity contribution in [2.75, 3.05) is 12.1 Å². The minimum Gasteiger partial charge on any atom is -0.493 e. The lowest BCUT2D eigenvalue weighted by atomic mass is 10.1. The van der Waals surface area contributed by atoms with E-state index in [1.807, 2.05) is 30.3 Å². The summed E-state index contributed by atoms with van der Waals surface area (Å²) in [6.45, 7) is 0.289. The Morgan fingerprint density at radius 3 is 2.38 bits per heavy atom. The number of carbonyl (C=O) groups excluding carboxylic acids is 2. The molecule has 3 aromatic carbocycles. The number of hydrogen-bond donors (Lipinski definition) is 1. The Balaban J connectivity index is 1.68. The van der Waals surface area contributed by atoms with Crippen LogP contribution in [0.25, 0.3) is 6.08 Å². The number of halogens is 2. The second-order valence-corrected chi connectivity index (χ2v) is 8.75. The van der Waals surface area contributed by atoms with E-state index in [0.717, 1.165) is 14.5 Å². The first-order valence-corrected chi connectivity index (χ1v) is 11.2. The van der Waals surface area contributed by atoms with Crippen molar-refractivity contribution in [1.82, 2.24) is 5.43 Å². The van der Waals surface area contributed by atoms with Gasteiger partial charge in [0.2, 0.25) is 0 Å². The molecule has 1 aliphatic rings. The molecule has 1 heterocycles. The standard InChI is InChI=1S/C24H18Br2N2O4/c1-31-21-13-18(26)11-16(22(21)32-14-15-7-9-17(25)10-8-15)12-20-23(29)27-28(24(20)30)19-5-3-2-4-6-19/h2-13H,14H2,1H3,(H,27,29)/b20-12+. The maximum Gasteiger partial charge on any atom is 0.282 e. The van der Waals surface area contributed by atoms with Crippen molar-refractivity contribution >= 4 is 55.4 Å². The minimum absolute atomic E-state index is 0.00231. The first-order chi connectivity index (χ1) is 15.5. The highest BCUT2D eigenvalue weighted by molar-refractivity contribution is 9.10. The molecule has 0 atom stereocenters. The Morgan fingerprint density at radius 2 is 1.69 bits per heavy atom. The number of ether oxygens (including phenoxy) is 2. The molecule has 1 N–H and O–H groups in total. The Kier molecular flexibility index (Phi) is 6.62. The van der Waals surface area contributed by atoms with E-state index >= 15 is 0 Å². The molecule has 0 aromatic heterocycles. The number of hydrogen-bond acceptors (Lipinski definition) is 4. The van der Waals surface area contributed by atoms with Gasteiger partial charge in [0.25, 0.3) is 11.8 Å². The smallest absolute Gasteiger partial charge is 0.282 e. The van der Waals surface area contributed by atoms with Gasteiger partial charge in [0.05, 0.1) is 12.8 Å². The number of amides is 2. The molecule has 4 rings (SSSR count). The first-order valence-electron chi connectivity index (χ1n) is 9.63. The number of anilines is 1. The molecule has 162 valence electrons. The van der Waals surface area contributed by atoms with Crippen LogP contribution in [0, 0.1) is 0 Å². The molecule has 32 heavy (non-hydrogen) atoms. The number of hydrazine groups is 1. The first kappa shape index (κ1) is 22.1. The van der Waals surface area contributed by atoms with E-state index in [9.17, 15) is 9.59 Å². The van der Waals surface area contributed by atoms with E-state index in [-0.39, 0.29) is 12.2 Å². The Bertz CT molecular complexity index is 1190. The fraction of sp³-hybridized carbons (Fsp3) is 0.0833. The molecule has 8 heteroatoms. The Labute approximate surface area is 202 Å². The highest BCUT2D eigenvalue weighted by Gasteiger charge is 2.34. The summed E-state index contributed by atoms with van der Waals surface area (Å²) >= 11 is 6.87. The molecular weight excluding hydrogens is 540 g/mol. The van der Waals surface area contributed by atoms with Crippen LogP contribution in [0.4, 0.5) is 5.69 Å². The van der Waals surface area contributed by atoms with Gasteiger partial charge in [-0.25, -0.2) is 5.01 Å². The van der Waals surface area contributed by atoms with Gasteiger partial charge in [0.15, 0.2) is 11.5 Å². The Morgan fingerprint density at radius 1 is 0.969 bits per heavy atom. The van der Waals surface area contributed by atoms with Gasteiger partial charge in [-0.3, -0.25) is 15.0 Å². The molecule has 1 saturated heterocycles.